The van der Waals surface area contributed by atoms with Crippen LogP contribution >= 0.6 is 0 Å². The number of pyridine rings is 3. The highest BCUT2D eigenvalue weighted by Crippen LogP contribution is 2.38. The summed E-state index contributed by atoms with van der Waals surface area (Å²) in [6.45, 7) is 0. The Balaban J connectivity index is 1.18. The second-order valence-electron chi connectivity index (χ2n) is 11.7. The van der Waals surface area contributed by atoms with Crippen LogP contribution in [0.1, 0.15) is 0 Å². The summed E-state index contributed by atoms with van der Waals surface area (Å²) in [5.41, 5.74) is 11.4. The van der Waals surface area contributed by atoms with Gasteiger partial charge >= 0.3 is 0 Å². The molecule has 0 aliphatic carbocycles. The highest BCUT2D eigenvalue weighted by Gasteiger charge is 2.17. The van der Waals surface area contributed by atoms with Crippen LogP contribution in [-0.2, 0) is 0 Å². The van der Waals surface area contributed by atoms with Crippen LogP contribution in [0.25, 0.3) is 83.3 Å². The lowest BCUT2D eigenvalue weighted by atomic mass is 9.98. The van der Waals surface area contributed by atoms with E-state index in [9.17, 15) is 0 Å². The smallest absolute Gasteiger partial charge is 0.0899 e. The van der Waals surface area contributed by atoms with Gasteiger partial charge in [0.05, 0.1) is 33.8 Å². The summed E-state index contributed by atoms with van der Waals surface area (Å²) in [6.07, 6.45) is 3.73. The molecule has 0 atom stereocenters. The van der Waals surface area contributed by atoms with Crippen LogP contribution in [0.5, 0.6) is 0 Å². The number of rotatable bonds is 5. The molecule has 47 heavy (non-hydrogen) atoms. The molecule has 0 spiro atoms. The van der Waals surface area contributed by atoms with Crippen LogP contribution in [0.4, 0.5) is 0 Å². The van der Waals surface area contributed by atoms with E-state index in [0.717, 1.165) is 67.1 Å². The normalized spacial score (nSPS) is 11.4. The van der Waals surface area contributed by atoms with Crippen LogP contribution in [0.15, 0.2) is 170 Å². The largest absolute Gasteiger partial charge is 0.309 e. The zero-order chi connectivity index (χ0) is 31.2. The van der Waals surface area contributed by atoms with Gasteiger partial charge in [-0.2, -0.15) is 0 Å². The molecule has 0 fully saturated rings. The first kappa shape index (κ1) is 27.0. The minimum Gasteiger partial charge on any atom is -0.309 e. The molecule has 0 saturated heterocycles. The van der Waals surface area contributed by atoms with Gasteiger partial charge in [0.2, 0.25) is 0 Å². The van der Waals surface area contributed by atoms with Crippen LogP contribution in [0, 0.1) is 0 Å². The molecule has 0 aliphatic heterocycles. The molecule has 220 valence electrons. The molecule has 4 nitrogen and oxygen atoms in total. The molecule has 4 heterocycles. The SMILES string of the molecule is c1ccc(-c2nccc3c2c2ccccc2n3-c2ccc(-c3cc(-c4ccc5ccccc5c4)cc(-c4ccccn4)n3)cc2)cc1. The molecule has 0 aliphatic rings. The van der Waals surface area contributed by atoms with Crippen LogP contribution in [0.2, 0.25) is 0 Å². The van der Waals surface area contributed by atoms with Gasteiger partial charge in [-0.25, -0.2) is 4.98 Å². The zero-order valence-electron chi connectivity index (χ0n) is 25.5. The fraction of sp³-hybridized carbons (Fsp3) is 0. The molecule has 9 rings (SSSR count). The predicted octanol–water partition coefficient (Wildman–Crippen LogP) is 10.8. The third-order valence-electron chi connectivity index (χ3n) is 8.89. The van der Waals surface area contributed by atoms with Gasteiger partial charge in [0, 0.05) is 40.0 Å². The topological polar surface area (TPSA) is 43.6 Å². The molecule has 9 aromatic rings. The average molecular weight is 601 g/mol. The van der Waals surface area contributed by atoms with Crippen molar-refractivity contribution < 1.29 is 0 Å². The number of hydrogen-bond donors (Lipinski definition) is 0. The first-order valence-corrected chi connectivity index (χ1v) is 15.8. The Morgan fingerprint density at radius 3 is 2.00 bits per heavy atom. The maximum atomic E-state index is 5.12. The number of aromatic nitrogens is 4. The number of hydrogen-bond acceptors (Lipinski definition) is 3. The second-order valence-corrected chi connectivity index (χ2v) is 11.7. The van der Waals surface area contributed by atoms with Gasteiger partial charge in [-0.15, -0.1) is 0 Å². The second kappa shape index (κ2) is 11.2. The van der Waals surface area contributed by atoms with E-state index < -0.39 is 0 Å². The lowest BCUT2D eigenvalue weighted by Gasteiger charge is -2.12. The van der Waals surface area contributed by atoms with Gasteiger partial charge in [0.1, 0.15) is 0 Å². The number of para-hydroxylation sites is 1. The van der Waals surface area contributed by atoms with Gasteiger partial charge < -0.3 is 4.57 Å². The lowest BCUT2D eigenvalue weighted by Crippen LogP contribution is -1.96. The Hall–Kier alpha value is -6.39. The van der Waals surface area contributed by atoms with E-state index in [-0.39, 0.29) is 0 Å². The van der Waals surface area contributed by atoms with Crippen molar-refractivity contribution in [3.63, 3.8) is 0 Å². The first-order chi connectivity index (χ1) is 23.3. The molecule has 0 saturated carbocycles. The van der Waals surface area contributed by atoms with E-state index in [1.165, 1.54) is 16.2 Å². The molecule has 0 bridgehead atoms. The van der Waals surface area contributed by atoms with Crippen molar-refractivity contribution in [3.05, 3.63) is 170 Å². The fourth-order valence-electron chi connectivity index (χ4n) is 6.65. The van der Waals surface area contributed by atoms with Gasteiger partial charge in [-0.05, 0) is 76.5 Å². The molecule has 5 aromatic carbocycles. The molecular weight excluding hydrogens is 573 g/mol. The molecular formula is C43H28N4. The summed E-state index contributed by atoms with van der Waals surface area (Å²) >= 11 is 0. The minimum absolute atomic E-state index is 0.846. The van der Waals surface area contributed by atoms with Gasteiger partial charge in [0.25, 0.3) is 0 Å². The average Bonchev–Trinajstić information content (AvgIpc) is 3.50. The third-order valence-corrected chi connectivity index (χ3v) is 8.89. The van der Waals surface area contributed by atoms with Crippen molar-refractivity contribution in [3.8, 4) is 50.7 Å². The van der Waals surface area contributed by atoms with Crippen molar-refractivity contribution in [2.24, 2.45) is 0 Å². The number of nitrogens with zero attached hydrogens (tertiary/aromatic N) is 4. The number of benzene rings is 5. The highest BCUT2D eigenvalue weighted by atomic mass is 15.0. The van der Waals surface area contributed by atoms with Gasteiger partial charge in [-0.3, -0.25) is 9.97 Å². The first-order valence-electron chi connectivity index (χ1n) is 15.8. The Kier molecular flexibility index (Phi) is 6.43. The van der Waals surface area contributed by atoms with E-state index in [1.54, 1.807) is 0 Å². The Morgan fingerprint density at radius 2 is 1.15 bits per heavy atom. The molecule has 4 aromatic heterocycles. The minimum atomic E-state index is 0.846. The quantitative estimate of drug-likeness (QED) is 0.197. The third kappa shape index (κ3) is 4.75. The van der Waals surface area contributed by atoms with Gasteiger partial charge in [0.15, 0.2) is 0 Å². The monoisotopic (exact) mass is 600 g/mol. The molecule has 0 N–H and O–H groups in total. The van der Waals surface area contributed by atoms with E-state index in [0.29, 0.717) is 0 Å². The summed E-state index contributed by atoms with van der Waals surface area (Å²) in [6, 6.07) is 55.2. The summed E-state index contributed by atoms with van der Waals surface area (Å²) in [4.78, 5) is 14.6. The predicted molar refractivity (Wildman–Crippen MR) is 193 cm³/mol. The standard InChI is InChI=1S/C43H28N4/c1-2-11-31(12-3-1)43-42-36-14-6-7-16-40(36)47(41(42)23-25-45-43)35-21-19-30(20-22-35)38-27-34(28-39(46-38)37-15-8-9-24-44-37)33-18-17-29-10-4-5-13-32(29)26-33/h1-28H. The van der Waals surface area contributed by atoms with Crippen molar-refractivity contribution in [1.82, 2.24) is 19.5 Å². The Labute approximate surface area is 272 Å². The van der Waals surface area contributed by atoms with Crippen LogP contribution in [-0.4, -0.2) is 19.5 Å². The van der Waals surface area contributed by atoms with E-state index in [2.05, 4.69) is 143 Å². The van der Waals surface area contributed by atoms with E-state index >= 15 is 0 Å². The van der Waals surface area contributed by atoms with Crippen molar-refractivity contribution in [1.29, 1.82) is 0 Å². The van der Waals surface area contributed by atoms with Gasteiger partial charge in [-0.1, -0.05) is 103 Å². The summed E-state index contributed by atoms with van der Waals surface area (Å²) in [7, 11) is 0. The highest BCUT2D eigenvalue weighted by molar-refractivity contribution is 6.14. The van der Waals surface area contributed by atoms with E-state index in [1.807, 2.05) is 36.7 Å². The van der Waals surface area contributed by atoms with Crippen molar-refractivity contribution in [2.75, 3.05) is 0 Å². The Morgan fingerprint density at radius 1 is 0.404 bits per heavy atom. The fourth-order valence-corrected chi connectivity index (χ4v) is 6.65. The molecule has 0 unspecified atom stereocenters. The molecule has 4 heteroatoms. The van der Waals surface area contributed by atoms with Crippen LogP contribution < -0.4 is 0 Å². The zero-order valence-corrected chi connectivity index (χ0v) is 25.5. The molecule has 0 radical (unpaired) electrons. The van der Waals surface area contributed by atoms with E-state index in [4.69, 9.17) is 9.97 Å². The van der Waals surface area contributed by atoms with Crippen molar-refractivity contribution in [2.45, 2.75) is 0 Å². The van der Waals surface area contributed by atoms with Crippen LogP contribution in [0.3, 0.4) is 0 Å². The van der Waals surface area contributed by atoms with Crippen molar-refractivity contribution >= 4 is 32.6 Å². The maximum Gasteiger partial charge on any atom is 0.0899 e. The number of fused-ring (bicyclic) bond motifs is 4. The lowest BCUT2D eigenvalue weighted by molar-refractivity contribution is 1.17. The molecule has 0 amide bonds. The summed E-state index contributed by atoms with van der Waals surface area (Å²) in [5, 5.41) is 4.78. The maximum absolute atomic E-state index is 5.12. The Bertz CT molecular complexity index is 2550. The summed E-state index contributed by atoms with van der Waals surface area (Å²) in [5.74, 6) is 0. The summed E-state index contributed by atoms with van der Waals surface area (Å²) < 4.78 is 2.33.